The Balaban J connectivity index is 1.17. The van der Waals surface area contributed by atoms with Gasteiger partial charge in [-0.15, -0.1) is 0 Å². The molecule has 1 aromatic carbocycles. The zero-order valence-corrected chi connectivity index (χ0v) is 18.5. The summed E-state index contributed by atoms with van der Waals surface area (Å²) in [5, 5.41) is 8.29. The molecular formula is C26H29N5O. The number of aromatic amines is 1. The molecule has 4 aromatic rings. The van der Waals surface area contributed by atoms with E-state index in [0.29, 0.717) is 12.3 Å². The van der Waals surface area contributed by atoms with Crippen molar-refractivity contribution in [1.29, 1.82) is 0 Å². The highest BCUT2D eigenvalue weighted by atomic mass is 16.2. The van der Waals surface area contributed by atoms with Crippen molar-refractivity contribution in [3.63, 3.8) is 0 Å². The highest BCUT2D eigenvalue weighted by Crippen LogP contribution is 2.26. The van der Waals surface area contributed by atoms with Crippen LogP contribution in [0, 0.1) is 12.8 Å². The quantitative estimate of drug-likeness (QED) is 0.489. The van der Waals surface area contributed by atoms with Gasteiger partial charge in [-0.05, 0) is 49.8 Å². The van der Waals surface area contributed by atoms with Gasteiger partial charge in [0, 0.05) is 48.9 Å². The summed E-state index contributed by atoms with van der Waals surface area (Å²) >= 11 is 0. The van der Waals surface area contributed by atoms with Crippen LogP contribution in [0.2, 0.25) is 0 Å². The molecule has 1 aliphatic heterocycles. The fourth-order valence-corrected chi connectivity index (χ4v) is 4.70. The van der Waals surface area contributed by atoms with E-state index in [1.54, 1.807) is 0 Å². The number of fused-ring (bicyclic) bond motifs is 1. The number of hydrogen-bond donors (Lipinski definition) is 1. The van der Waals surface area contributed by atoms with E-state index in [1.165, 1.54) is 10.9 Å². The summed E-state index contributed by atoms with van der Waals surface area (Å²) in [5.41, 5.74) is 5.42. The first-order chi connectivity index (χ1) is 15.7. The number of hydrogen-bond acceptors (Lipinski definition) is 3. The Kier molecular flexibility index (Phi) is 5.75. The number of aromatic nitrogens is 4. The average molecular weight is 428 g/mol. The predicted octanol–water partition coefficient (Wildman–Crippen LogP) is 4.61. The standard InChI is InChI=1S/C26H29N5O/c1-19-23(16-28-29-19)24-15-22-11-14-31(25(22)17-27-24)18-21-9-12-30(13-10-21)26(32)8-7-20-5-3-2-4-6-20/h2-6,11,14-17,21H,7-10,12-13,18H2,1H3,(H,28,29). The zero-order valence-electron chi connectivity index (χ0n) is 18.5. The molecule has 1 N–H and O–H groups in total. The Morgan fingerprint density at radius 1 is 1.12 bits per heavy atom. The lowest BCUT2D eigenvalue weighted by molar-refractivity contribution is -0.132. The van der Waals surface area contributed by atoms with Gasteiger partial charge < -0.3 is 9.47 Å². The summed E-state index contributed by atoms with van der Waals surface area (Å²) in [6.07, 6.45) is 9.49. The van der Waals surface area contributed by atoms with Gasteiger partial charge in [0.05, 0.1) is 23.6 Å². The second-order valence-corrected chi connectivity index (χ2v) is 8.81. The molecule has 0 spiro atoms. The first-order valence-electron chi connectivity index (χ1n) is 11.4. The van der Waals surface area contributed by atoms with Crippen molar-refractivity contribution < 1.29 is 4.79 Å². The normalized spacial score (nSPS) is 14.8. The summed E-state index contributed by atoms with van der Waals surface area (Å²) < 4.78 is 2.31. The summed E-state index contributed by atoms with van der Waals surface area (Å²) in [6.45, 7) is 4.71. The predicted molar refractivity (Wildman–Crippen MR) is 126 cm³/mol. The molecule has 1 amide bonds. The molecule has 0 saturated carbocycles. The van der Waals surface area contributed by atoms with E-state index in [1.807, 2.05) is 42.4 Å². The van der Waals surface area contributed by atoms with E-state index < -0.39 is 0 Å². The molecule has 6 nitrogen and oxygen atoms in total. The van der Waals surface area contributed by atoms with Crippen molar-refractivity contribution >= 4 is 16.8 Å². The number of H-pyrrole nitrogens is 1. The van der Waals surface area contributed by atoms with Crippen LogP contribution >= 0.6 is 0 Å². The molecule has 1 saturated heterocycles. The minimum atomic E-state index is 0.282. The van der Waals surface area contributed by atoms with Crippen molar-refractivity contribution in [2.45, 2.75) is 39.2 Å². The Bertz CT molecular complexity index is 1200. The third-order valence-corrected chi connectivity index (χ3v) is 6.66. The fraction of sp³-hybridized carbons (Fsp3) is 0.346. The summed E-state index contributed by atoms with van der Waals surface area (Å²) in [7, 11) is 0. The van der Waals surface area contributed by atoms with Gasteiger partial charge in [0.1, 0.15) is 0 Å². The molecular weight excluding hydrogens is 398 g/mol. The topological polar surface area (TPSA) is 66.8 Å². The lowest BCUT2D eigenvalue weighted by Crippen LogP contribution is -2.39. The number of likely N-dealkylation sites (tertiary alicyclic amines) is 1. The minimum Gasteiger partial charge on any atom is -0.346 e. The lowest BCUT2D eigenvalue weighted by atomic mass is 9.96. The maximum absolute atomic E-state index is 12.6. The summed E-state index contributed by atoms with van der Waals surface area (Å²) in [6, 6.07) is 14.6. The van der Waals surface area contributed by atoms with Gasteiger partial charge in [0.25, 0.3) is 0 Å². The van der Waals surface area contributed by atoms with E-state index in [4.69, 9.17) is 0 Å². The second kappa shape index (κ2) is 8.99. The van der Waals surface area contributed by atoms with Gasteiger partial charge in [-0.2, -0.15) is 5.10 Å². The smallest absolute Gasteiger partial charge is 0.222 e. The van der Waals surface area contributed by atoms with Crippen LogP contribution in [0.15, 0.2) is 61.1 Å². The van der Waals surface area contributed by atoms with Crippen LogP contribution in [0.1, 0.15) is 30.5 Å². The van der Waals surface area contributed by atoms with Gasteiger partial charge in [0.15, 0.2) is 0 Å². The number of piperidine rings is 1. The van der Waals surface area contributed by atoms with Crippen LogP contribution in [0.25, 0.3) is 22.2 Å². The number of aryl methyl sites for hydroxylation is 2. The van der Waals surface area contributed by atoms with Crippen LogP contribution in [-0.4, -0.2) is 43.6 Å². The highest BCUT2D eigenvalue weighted by molar-refractivity contribution is 5.83. The van der Waals surface area contributed by atoms with E-state index in [-0.39, 0.29) is 5.91 Å². The minimum absolute atomic E-state index is 0.282. The maximum atomic E-state index is 12.6. The molecule has 3 aromatic heterocycles. The Labute approximate surface area is 188 Å². The number of pyridine rings is 1. The number of carbonyl (C=O) groups is 1. The zero-order chi connectivity index (χ0) is 21.9. The monoisotopic (exact) mass is 427 g/mol. The van der Waals surface area contributed by atoms with Gasteiger partial charge in [0.2, 0.25) is 5.91 Å². The average Bonchev–Trinajstić information content (AvgIpc) is 3.44. The molecule has 0 atom stereocenters. The first-order valence-corrected chi connectivity index (χ1v) is 11.4. The Hall–Kier alpha value is -3.41. The molecule has 164 valence electrons. The number of rotatable bonds is 6. The molecule has 6 heteroatoms. The van der Waals surface area contributed by atoms with E-state index in [2.05, 4.69) is 50.2 Å². The van der Waals surface area contributed by atoms with Crippen molar-refractivity contribution in [3.8, 4) is 11.3 Å². The lowest BCUT2D eigenvalue weighted by Gasteiger charge is -2.32. The van der Waals surface area contributed by atoms with Crippen molar-refractivity contribution in [2.24, 2.45) is 5.92 Å². The van der Waals surface area contributed by atoms with Crippen LogP contribution < -0.4 is 0 Å². The number of carbonyl (C=O) groups excluding carboxylic acids is 1. The third-order valence-electron chi connectivity index (χ3n) is 6.66. The van der Waals surface area contributed by atoms with Crippen molar-refractivity contribution in [1.82, 2.24) is 24.6 Å². The largest absolute Gasteiger partial charge is 0.346 e. The molecule has 32 heavy (non-hydrogen) atoms. The van der Waals surface area contributed by atoms with Gasteiger partial charge in [-0.3, -0.25) is 14.9 Å². The molecule has 1 fully saturated rings. The molecule has 0 bridgehead atoms. The van der Waals surface area contributed by atoms with Crippen LogP contribution in [0.5, 0.6) is 0 Å². The summed E-state index contributed by atoms with van der Waals surface area (Å²) in [4.78, 5) is 19.4. The number of nitrogens with one attached hydrogen (secondary N) is 1. The fourth-order valence-electron chi connectivity index (χ4n) is 4.70. The van der Waals surface area contributed by atoms with E-state index in [0.717, 1.165) is 61.4 Å². The van der Waals surface area contributed by atoms with Crippen LogP contribution in [0.4, 0.5) is 0 Å². The molecule has 4 heterocycles. The van der Waals surface area contributed by atoms with Crippen LogP contribution in [-0.2, 0) is 17.8 Å². The van der Waals surface area contributed by atoms with E-state index >= 15 is 0 Å². The Morgan fingerprint density at radius 2 is 1.94 bits per heavy atom. The number of benzene rings is 1. The maximum Gasteiger partial charge on any atom is 0.222 e. The molecule has 0 radical (unpaired) electrons. The Morgan fingerprint density at radius 3 is 2.69 bits per heavy atom. The second-order valence-electron chi connectivity index (χ2n) is 8.81. The van der Waals surface area contributed by atoms with Crippen molar-refractivity contribution in [2.75, 3.05) is 13.1 Å². The van der Waals surface area contributed by atoms with Gasteiger partial charge in [-0.1, -0.05) is 30.3 Å². The highest BCUT2D eigenvalue weighted by Gasteiger charge is 2.23. The van der Waals surface area contributed by atoms with Crippen LogP contribution in [0.3, 0.4) is 0 Å². The molecule has 5 rings (SSSR count). The van der Waals surface area contributed by atoms with E-state index in [9.17, 15) is 4.79 Å². The number of nitrogens with zero attached hydrogens (tertiary/aromatic N) is 4. The first kappa shape index (κ1) is 20.5. The van der Waals surface area contributed by atoms with Crippen molar-refractivity contribution in [3.05, 3.63) is 72.3 Å². The van der Waals surface area contributed by atoms with Gasteiger partial charge in [-0.25, -0.2) is 0 Å². The van der Waals surface area contributed by atoms with Gasteiger partial charge >= 0.3 is 0 Å². The SMILES string of the molecule is Cc1[nH]ncc1-c1cc2ccn(CC3CCN(C(=O)CCc4ccccc4)CC3)c2cn1. The third kappa shape index (κ3) is 4.31. The summed E-state index contributed by atoms with van der Waals surface area (Å²) in [5.74, 6) is 0.865. The molecule has 0 unspecified atom stereocenters. The number of amides is 1. The molecule has 1 aliphatic rings. The molecule has 0 aliphatic carbocycles.